The zero-order valence-electron chi connectivity index (χ0n) is 15.9. The molecule has 4 amide bonds. The lowest BCUT2D eigenvalue weighted by Crippen LogP contribution is -2.36. The summed E-state index contributed by atoms with van der Waals surface area (Å²) in [7, 11) is -2.30. The minimum absolute atomic E-state index is 0.0757. The normalized spacial score (nSPS) is 23.6. The summed E-state index contributed by atoms with van der Waals surface area (Å²) in [6.07, 6.45) is 4.38. The van der Waals surface area contributed by atoms with Gasteiger partial charge in [0.05, 0.1) is 12.1 Å². The Morgan fingerprint density at radius 3 is 2.61 bits per heavy atom. The van der Waals surface area contributed by atoms with Crippen LogP contribution in [0.4, 0.5) is 4.79 Å². The third-order valence-corrected chi connectivity index (χ3v) is 8.57. The number of amides is 4. The first-order valence-corrected chi connectivity index (χ1v) is 13.8. The van der Waals surface area contributed by atoms with Gasteiger partial charge in [0, 0.05) is 48.9 Å². The lowest BCUT2D eigenvalue weighted by atomic mass is 10.0. The van der Waals surface area contributed by atoms with Crippen molar-refractivity contribution in [1.82, 2.24) is 21.3 Å². The summed E-state index contributed by atoms with van der Waals surface area (Å²) in [5.74, 6) is 0.948. The van der Waals surface area contributed by atoms with E-state index < -0.39 is 8.87 Å². The first-order valence-electron chi connectivity index (χ1n) is 9.31. The maximum absolute atomic E-state index is 11.8. The molecule has 0 aliphatic carbocycles. The van der Waals surface area contributed by atoms with Crippen molar-refractivity contribution in [3.63, 3.8) is 0 Å². The first-order chi connectivity index (χ1) is 13.2. The summed E-state index contributed by atoms with van der Waals surface area (Å²) in [6.45, 7) is 0.547. The highest BCUT2D eigenvalue weighted by Gasteiger charge is 2.42. The van der Waals surface area contributed by atoms with Crippen LogP contribution in [-0.4, -0.2) is 74.4 Å². The topological polar surface area (TPSA) is 133 Å². The van der Waals surface area contributed by atoms with Crippen molar-refractivity contribution in [1.29, 1.82) is 0 Å². The van der Waals surface area contributed by atoms with Crippen LogP contribution in [-0.2, 0) is 18.5 Å². The number of hydrogen-bond acceptors (Lipinski definition) is 7. The molecule has 0 radical (unpaired) electrons. The number of rotatable bonds is 12. The number of hydrogen-bond donors (Lipinski definition) is 4. The molecule has 2 rings (SSSR count). The van der Waals surface area contributed by atoms with Crippen molar-refractivity contribution in [2.75, 3.05) is 30.9 Å². The molecular formula is C16H28N4O5S3. The Labute approximate surface area is 173 Å². The highest BCUT2D eigenvalue weighted by Crippen LogP contribution is 2.33. The van der Waals surface area contributed by atoms with Crippen LogP contribution >= 0.6 is 22.6 Å². The largest absolute Gasteiger partial charge is 0.356 e. The molecule has 12 heteroatoms. The number of unbranched alkanes of at least 4 members (excludes halogenated alkanes) is 1. The van der Waals surface area contributed by atoms with Crippen LogP contribution in [0.1, 0.15) is 32.1 Å². The van der Waals surface area contributed by atoms with Crippen molar-refractivity contribution >= 4 is 49.3 Å². The quantitative estimate of drug-likeness (QED) is 0.186. The minimum Gasteiger partial charge on any atom is -0.356 e. The van der Waals surface area contributed by atoms with Crippen LogP contribution < -0.4 is 21.3 Å². The lowest BCUT2D eigenvalue weighted by molar-refractivity contribution is -0.122. The average molecular weight is 453 g/mol. The summed E-state index contributed by atoms with van der Waals surface area (Å²) in [5.41, 5.74) is 0. The zero-order valence-corrected chi connectivity index (χ0v) is 18.3. The summed E-state index contributed by atoms with van der Waals surface area (Å²) in [5, 5.41) is 11.6. The Hall–Kier alpha value is -1.14. The Kier molecular flexibility index (Phi) is 9.22. The number of thioether (sulfide) groups is 1. The Morgan fingerprint density at radius 1 is 1.14 bits per heavy atom. The van der Waals surface area contributed by atoms with E-state index in [1.807, 2.05) is 11.8 Å². The van der Waals surface area contributed by atoms with Crippen LogP contribution in [0.15, 0.2) is 0 Å². The van der Waals surface area contributed by atoms with Crippen LogP contribution in [0.25, 0.3) is 0 Å². The predicted octanol–water partition coefficient (Wildman–Crippen LogP) is 0.0275. The van der Waals surface area contributed by atoms with Crippen LogP contribution in [0, 0.1) is 0 Å². The molecule has 0 aromatic carbocycles. The molecular weight excluding hydrogens is 424 g/mol. The van der Waals surface area contributed by atoms with Gasteiger partial charge in [0.1, 0.15) is 0 Å². The molecule has 0 bridgehead atoms. The van der Waals surface area contributed by atoms with Gasteiger partial charge in [-0.1, -0.05) is 6.42 Å². The van der Waals surface area contributed by atoms with E-state index in [-0.39, 0.29) is 49.4 Å². The van der Waals surface area contributed by atoms with Gasteiger partial charge in [-0.15, -0.1) is 0 Å². The predicted molar refractivity (Wildman–Crippen MR) is 112 cm³/mol. The van der Waals surface area contributed by atoms with Gasteiger partial charge in [-0.2, -0.15) is 11.8 Å². The van der Waals surface area contributed by atoms with E-state index in [4.69, 9.17) is 0 Å². The minimum atomic E-state index is -3.09. The van der Waals surface area contributed by atoms with Crippen molar-refractivity contribution in [3.05, 3.63) is 0 Å². The van der Waals surface area contributed by atoms with Gasteiger partial charge < -0.3 is 21.3 Å². The van der Waals surface area contributed by atoms with Crippen molar-refractivity contribution in [2.24, 2.45) is 0 Å². The summed E-state index contributed by atoms with van der Waals surface area (Å²) < 4.78 is 21.9. The van der Waals surface area contributed by atoms with E-state index in [0.29, 0.717) is 17.4 Å². The highest BCUT2D eigenvalue weighted by molar-refractivity contribution is 8.71. The molecule has 2 unspecified atom stereocenters. The molecule has 2 aliphatic heterocycles. The molecule has 0 saturated carbocycles. The van der Waals surface area contributed by atoms with Crippen molar-refractivity contribution in [2.45, 2.75) is 49.4 Å². The van der Waals surface area contributed by atoms with Gasteiger partial charge >= 0.3 is 6.03 Å². The van der Waals surface area contributed by atoms with Gasteiger partial charge in [0.2, 0.25) is 11.8 Å². The maximum Gasteiger partial charge on any atom is 0.315 e. The van der Waals surface area contributed by atoms with E-state index in [1.54, 1.807) is 0 Å². The van der Waals surface area contributed by atoms with Crippen LogP contribution in [0.3, 0.4) is 0 Å². The van der Waals surface area contributed by atoms with E-state index >= 15 is 0 Å². The lowest BCUT2D eigenvalue weighted by Gasteiger charge is -2.16. The average Bonchev–Trinajstić information content (AvgIpc) is 3.14. The fraction of sp³-hybridized carbons (Fsp3) is 0.812. The molecule has 0 aromatic rings. The fourth-order valence-corrected chi connectivity index (χ4v) is 6.34. The van der Waals surface area contributed by atoms with E-state index in [2.05, 4.69) is 21.3 Å². The molecule has 0 aromatic heterocycles. The number of urea groups is 1. The number of carbonyl (C=O) groups excluding carboxylic acids is 3. The van der Waals surface area contributed by atoms with E-state index in [1.165, 1.54) is 0 Å². The summed E-state index contributed by atoms with van der Waals surface area (Å²) in [4.78, 5) is 34.8. The third-order valence-electron chi connectivity index (χ3n) is 4.48. The Bertz CT molecular complexity index is 673. The van der Waals surface area contributed by atoms with Gasteiger partial charge in [-0.05, 0) is 23.6 Å². The monoisotopic (exact) mass is 452 g/mol. The first kappa shape index (κ1) is 23.1. The molecule has 2 fully saturated rings. The van der Waals surface area contributed by atoms with Gasteiger partial charge in [-0.25, -0.2) is 13.2 Å². The maximum atomic E-state index is 11.8. The molecule has 2 aliphatic rings. The van der Waals surface area contributed by atoms with E-state index in [9.17, 15) is 22.8 Å². The molecule has 0 spiro atoms. The fourth-order valence-electron chi connectivity index (χ4n) is 3.15. The summed E-state index contributed by atoms with van der Waals surface area (Å²) in [6, 6.07) is 0.334. The molecule has 9 nitrogen and oxygen atoms in total. The summed E-state index contributed by atoms with van der Waals surface area (Å²) >= 11 is 1.86. The second-order valence-corrected chi connectivity index (χ2v) is 12.7. The second kappa shape index (κ2) is 11.1. The zero-order chi connectivity index (χ0) is 20.6. The second-order valence-electron chi connectivity index (χ2n) is 6.84. The standard InChI is InChI=1S/C16H28N4O5S3/c1-28(24,25)27-9-8-18-14(22)6-7-17-13(21)5-3-2-4-12-15-11(10-26-12)19-16(23)20-15/h11-12,15H,2-10H2,1H3,(H,17,21)(H,18,22)(H2,19,20,23)/t11?,12-,15?/m1/s1. The van der Waals surface area contributed by atoms with Gasteiger partial charge in [-0.3, -0.25) is 9.59 Å². The number of nitrogens with one attached hydrogen (secondary N) is 4. The number of carbonyl (C=O) groups is 3. The third kappa shape index (κ3) is 8.48. The molecule has 4 N–H and O–H groups in total. The van der Waals surface area contributed by atoms with Gasteiger partial charge in [0.25, 0.3) is 0 Å². The molecule has 160 valence electrons. The molecule has 3 atom stereocenters. The number of fused-ring (bicyclic) bond motifs is 1. The SMILES string of the molecule is CS(=O)(=O)SCCNC(=O)CCNC(=O)CCCC[C@H]1SCC2NC(=O)NC21. The Morgan fingerprint density at radius 2 is 1.86 bits per heavy atom. The van der Waals surface area contributed by atoms with Gasteiger partial charge in [0.15, 0.2) is 8.87 Å². The molecule has 2 heterocycles. The van der Waals surface area contributed by atoms with Crippen LogP contribution in [0.2, 0.25) is 0 Å². The smallest absolute Gasteiger partial charge is 0.315 e. The van der Waals surface area contributed by atoms with Crippen LogP contribution in [0.5, 0.6) is 0 Å². The Balaban J connectivity index is 1.46. The van der Waals surface area contributed by atoms with Crippen molar-refractivity contribution in [3.8, 4) is 0 Å². The highest BCUT2D eigenvalue weighted by atomic mass is 33.1. The molecule has 2 saturated heterocycles. The molecule has 28 heavy (non-hydrogen) atoms. The van der Waals surface area contributed by atoms with Crippen molar-refractivity contribution < 1.29 is 22.8 Å². The van der Waals surface area contributed by atoms with E-state index in [0.717, 1.165) is 42.1 Å².